The Morgan fingerprint density at radius 2 is 2.00 bits per heavy atom. The SMILES string of the molecule is CCC(CC)(CN)C(=O)Nc1cnn(-c2ccccc2F)c1.Cl. The second-order valence-corrected chi connectivity index (χ2v) is 5.27. The van der Waals surface area contributed by atoms with Gasteiger partial charge in [-0.25, -0.2) is 9.07 Å². The summed E-state index contributed by atoms with van der Waals surface area (Å²) in [6.07, 6.45) is 4.40. The molecule has 1 heterocycles. The number of aromatic nitrogens is 2. The molecule has 1 aromatic heterocycles. The molecule has 0 unspecified atom stereocenters. The lowest BCUT2D eigenvalue weighted by Crippen LogP contribution is -2.41. The van der Waals surface area contributed by atoms with Crippen LogP contribution < -0.4 is 11.1 Å². The van der Waals surface area contributed by atoms with E-state index in [0.717, 1.165) is 0 Å². The highest BCUT2D eigenvalue weighted by molar-refractivity contribution is 5.95. The third-order valence-electron chi connectivity index (χ3n) is 4.17. The average molecular weight is 341 g/mol. The molecule has 5 nitrogen and oxygen atoms in total. The molecule has 0 aliphatic heterocycles. The van der Waals surface area contributed by atoms with Crippen LogP contribution in [0.1, 0.15) is 26.7 Å². The van der Waals surface area contributed by atoms with Crippen LogP contribution in [0, 0.1) is 11.2 Å². The number of amides is 1. The summed E-state index contributed by atoms with van der Waals surface area (Å²) in [4.78, 5) is 12.4. The number of rotatable bonds is 6. The van der Waals surface area contributed by atoms with Gasteiger partial charge in [-0.2, -0.15) is 5.10 Å². The third-order valence-corrected chi connectivity index (χ3v) is 4.17. The van der Waals surface area contributed by atoms with Gasteiger partial charge in [0.25, 0.3) is 0 Å². The van der Waals surface area contributed by atoms with Gasteiger partial charge in [0, 0.05) is 6.54 Å². The van der Waals surface area contributed by atoms with Crippen LogP contribution in [0.2, 0.25) is 0 Å². The van der Waals surface area contributed by atoms with Gasteiger partial charge in [-0.05, 0) is 25.0 Å². The zero-order chi connectivity index (χ0) is 16.2. The molecular weight excluding hydrogens is 319 g/mol. The number of carbonyl (C=O) groups is 1. The van der Waals surface area contributed by atoms with Crippen LogP contribution in [0.4, 0.5) is 10.1 Å². The van der Waals surface area contributed by atoms with Crippen molar-refractivity contribution in [3.63, 3.8) is 0 Å². The highest BCUT2D eigenvalue weighted by Gasteiger charge is 2.33. The van der Waals surface area contributed by atoms with Crippen molar-refractivity contribution >= 4 is 24.0 Å². The van der Waals surface area contributed by atoms with E-state index in [9.17, 15) is 9.18 Å². The normalized spacial score (nSPS) is 11.0. The molecule has 23 heavy (non-hydrogen) atoms. The van der Waals surface area contributed by atoms with Crippen LogP contribution in [0.5, 0.6) is 0 Å². The van der Waals surface area contributed by atoms with Gasteiger partial charge in [0.2, 0.25) is 5.91 Å². The van der Waals surface area contributed by atoms with Crippen molar-refractivity contribution in [2.75, 3.05) is 11.9 Å². The third kappa shape index (κ3) is 3.89. The summed E-state index contributed by atoms with van der Waals surface area (Å²) >= 11 is 0. The lowest BCUT2D eigenvalue weighted by molar-refractivity contribution is -0.125. The monoisotopic (exact) mass is 340 g/mol. The average Bonchev–Trinajstić information content (AvgIpc) is 2.98. The van der Waals surface area contributed by atoms with Crippen molar-refractivity contribution in [2.45, 2.75) is 26.7 Å². The van der Waals surface area contributed by atoms with Crippen LogP contribution in [-0.4, -0.2) is 22.2 Å². The number of nitrogens with two attached hydrogens (primary N) is 1. The lowest BCUT2D eigenvalue weighted by Gasteiger charge is -2.28. The Kier molecular flexibility index (Phi) is 6.72. The van der Waals surface area contributed by atoms with Crippen LogP contribution >= 0.6 is 12.4 Å². The number of anilines is 1. The molecule has 2 rings (SSSR count). The predicted molar refractivity (Wildman–Crippen MR) is 91.5 cm³/mol. The molecule has 1 aromatic carbocycles. The molecule has 3 N–H and O–H groups in total. The number of nitrogens with zero attached hydrogens (tertiary/aromatic N) is 2. The molecule has 7 heteroatoms. The second-order valence-electron chi connectivity index (χ2n) is 5.27. The fourth-order valence-corrected chi connectivity index (χ4v) is 2.37. The summed E-state index contributed by atoms with van der Waals surface area (Å²) in [6.45, 7) is 4.17. The number of benzene rings is 1. The van der Waals surface area contributed by atoms with Crippen LogP contribution in [0.3, 0.4) is 0 Å². The van der Waals surface area contributed by atoms with Gasteiger partial charge in [0.15, 0.2) is 0 Å². The van der Waals surface area contributed by atoms with Crippen molar-refractivity contribution < 1.29 is 9.18 Å². The maximum absolute atomic E-state index is 13.7. The van der Waals surface area contributed by atoms with Gasteiger partial charge in [-0.15, -0.1) is 12.4 Å². The number of nitrogens with one attached hydrogen (secondary N) is 1. The minimum Gasteiger partial charge on any atom is -0.329 e. The van der Waals surface area contributed by atoms with Gasteiger partial charge in [-0.3, -0.25) is 4.79 Å². The molecule has 0 bridgehead atoms. The van der Waals surface area contributed by atoms with E-state index < -0.39 is 5.41 Å². The van der Waals surface area contributed by atoms with Gasteiger partial charge in [0.1, 0.15) is 11.5 Å². The molecular formula is C16H22ClFN4O. The second kappa shape index (κ2) is 8.08. The number of carbonyl (C=O) groups excluding carboxylic acids is 1. The van der Waals surface area contributed by atoms with E-state index >= 15 is 0 Å². The van der Waals surface area contributed by atoms with Gasteiger partial charge in [-0.1, -0.05) is 26.0 Å². The number of halogens is 2. The number of hydrogen-bond donors (Lipinski definition) is 2. The highest BCUT2D eigenvalue weighted by atomic mass is 35.5. The number of para-hydroxylation sites is 1. The van der Waals surface area contributed by atoms with Crippen LogP contribution in [0.15, 0.2) is 36.7 Å². The zero-order valence-corrected chi connectivity index (χ0v) is 14.1. The van der Waals surface area contributed by atoms with E-state index in [1.807, 2.05) is 13.8 Å². The highest BCUT2D eigenvalue weighted by Crippen LogP contribution is 2.27. The Balaban J connectivity index is 0.00000264. The molecule has 0 aliphatic carbocycles. The fraction of sp³-hybridized carbons (Fsp3) is 0.375. The van der Waals surface area contributed by atoms with Crippen molar-refractivity contribution in [3.8, 4) is 5.69 Å². The summed E-state index contributed by atoms with van der Waals surface area (Å²) in [5.41, 5.74) is 6.04. The van der Waals surface area contributed by atoms with Crippen molar-refractivity contribution in [2.24, 2.45) is 11.1 Å². The molecule has 0 radical (unpaired) electrons. The zero-order valence-electron chi connectivity index (χ0n) is 13.3. The Morgan fingerprint density at radius 1 is 1.35 bits per heavy atom. The molecule has 0 saturated carbocycles. The lowest BCUT2D eigenvalue weighted by atomic mass is 9.81. The van der Waals surface area contributed by atoms with Gasteiger partial charge >= 0.3 is 0 Å². The first-order valence-corrected chi connectivity index (χ1v) is 7.37. The van der Waals surface area contributed by atoms with Gasteiger partial charge < -0.3 is 11.1 Å². The van der Waals surface area contributed by atoms with Crippen LogP contribution in [0.25, 0.3) is 5.69 Å². The Hall–Kier alpha value is -1.92. The summed E-state index contributed by atoms with van der Waals surface area (Å²) < 4.78 is 15.1. The Bertz CT molecular complexity index is 647. The van der Waals surface area contributed by atoms with Crippen molar-refractivity contribution in [1.29, 1.82) is 0 Å². The maximum atomic E-state index is 13.7. The summed E-state index contributed by atoms with van der Waals surface area (Å²) in [5.74, 6) is -0.505. The van der Waals surface area contributed by atoms with E-state index in [0.29, 0.717) is 24.2 Å². The first-order chi connectivity index (χ1) is 10.6. The number of hydrogen-bond acceptors (Lipinski definition) is 3. The maximum Gasteiger partial charge on any atom is 0.231 e. The fourth-order valence-electron chi connectivity index (χ4n) is 2.37. The van der Waals surface area contributed by atoms with E-state index in [1.165, 1.54) is 16.9 Å². The summed E-state index contributed by atoms with van der Waals surface area (Å²) in [7, 11) is 0. The molecule has 2 aromatic rings. The first-order valence-electron chi connectivity index (χ1n) is 7.37. The van der Waals surface area contributed by atoms with Gasteiger partial charge in [0.05, 0.1) is 23.5 Å². The first kappa shape index (κ1) is 19.1. The molecule has 0 saturated heterocycles. The molecule has 1 amide bonds. The van der Waals surface area contributed by atoms with E-state index in [4.69, 9.17) is 5.73 Å². The van der Waals surface area contributed by atoms with E-state index in [2.05, 4.69) is 10.4 Å². The molecule has 0 fully saturated rings. The quantitative estimate of drug-likeness (QED) is 0.848. The minimum atomic E-state index is -0.583. The van der Waals surface area contributed by atoms with E-state index in [-0.39, 0.29) is 30.7 Å². The minimum absolute atomic E-state index is 0. The van der Waals surface area contributed by atoms with Crippen molar-refractivity contribution in [3.05, 3.63) is 42.5 Å². The smallest absolute Gasteiger partial charge is 0.231 e. The molecule has 126 valence electrons. The summed E-state index contributed by atoms with van der Waals surface area (Å²) in [5, 5.41) is 6.91. The van der Waals surface area contributed by atoms with E-state index in [1.54, 1.807) is 24.4 Å². The predicted octanol–water partition coefficient (Wildman–Crippen LogP) is 3.14. The molecule has 0 atom stereocenters. The van der Waals surface area contributed by atoms with Crippen molar-refractivity contribution in [1.82, 2.24) is 9.78 Å². The standard InChI is InChI=1S/C16H21FN4O.ClH/c1-3-16(4-2,11-18)15(22)20-12-9-19-21(10-12)14-8-6-5-7-13(14)17;/h5-10H,3-4,11,18H2,1-2H3,(H,20,22);1H. The van der Waals surface area contributed by atoms with Crippen LogP contribution in [-0.2, 0) is 4.79 Å². The largest absolute Gasteiger partial charge is 0.329 e. The molecule has 0 spiro atoms. The topological polar surface area (TPSA) is 72.9 Å². The summed E-state index contributed by atoms with van der Waals surface area (Å²) in [6, 6.07) is 6.33. The Labute approximate surface area is 141 Å². The Morgan fingerprint density at radius 3 is 2.57 bits per heavy atom. The molecule has 0 aliphatic rings.